The fourth-order valence-electron chi connectivity index (χ4n) is 1.88. The number of hydrogen-bond acceptors (Lipinski definition) is 2. The van der Waals surface area contributed by atoms with Crippen LogP contribution in [-0.4, -0.2) is 6.29 Å². The third-order valence-corrected chi connectivity index (χ3v) is 2.89. The Morgan fingerprint density at radius 2 is 1.88 bits per heavy atom. The van der Waals surface area contributed by atoms with Crippen molar-refractivity contribution in [2.75, 3.05) is 0 Å². The molecular formula is C14H22O2. The third kappa shape index (κ3) is 4.21. The van der Waals surface area contributed by atoms with E-state index >= 15 is 0 Å². The Morgan fingerprint density at radius 3 is 2.50 bits per heavy atom. The summed E-state index contributed by atoms with van der Waals surface area (Å²) in [6.07, 6.45) is 9.46. The van der Waals surface area contributed by atoms with E-state index in [2.05, 4.69) is 6.92 Å². The maximum atomic E-state index is 10.6. The maximum absolute atomic E-state index is 10.6. The molecule has 16 heavy (non-hydrogen) atoms. The molecule has 0 aliphatic heterocycles. The fraction of sp³-hybridized carbons (Fsp3) is 0.643. The minimum Gasteiger partial charge on any atom is -0.458 e. The molecule has 0 radical (unpaired) electrons. The highest BCUT2D eigenvalue weighted by molar-refractivity contribution is 5.72. The summed E-state index contributed by atoms with van der Waals surface area (Å²) in [4.78, 5) is 10.6. The van der Waals surface area contributed by atoms with Crippen molar-refractivity contribution < 1.29 is 9.21 Å². The van der Waals surface area contributed by atoms with Gasteiger partial charge in [0.05, 0.1) is 0 Å². The summed E-state index contributed by atoms with van der Waals surface area (Å²) >= 11 is 0. The van der Waals surface area contributed by atoms with E-state index in [-0.39, 0.29) is 0 Å². The SMILES string of the molecule is CCCCCCCCc1cc(C)c(C=O)o1. The van der Waals surface area contributed by atoms with Crippen LogP contribution in [-0.2, 0) is 6.42 Å². The van der Waals surface area contributed by atoms with Crippen LogP contribution < -0.4 is 0 Å². The van der Waals surface area contributed by atoms with Gasteiger partial charge in [-0.3, -0.25) is 4.79 Å². The number of aldehydes is 1. The Kier molecular flexibility index (Phi) is 5.91. The van der Waals surface area contributed by atoms with E-state index in [0.29, 0.717) is 5.76 Å². The first-order chi connectivity index (χ1) is 7.77. The lowest BCUT2D eigenvalue weighted by Gasteiger charge is -1.98. The normalized spacial score (nSPS) is 10.6. The number of carbonyl (C=O) groups excluding carboxylic acids is 1. The lowest BCUT2D eigenvalue weighted by molar-refractivity contribution is 0.109. The Labute approximate surface area is 98.0 Å². The molecule has 1 heterocycles. The molecule has 1 aromatic heterocycles. The molecule has 2 heteroatoms. The largest absolute Gasteiger partial charge is 0.458 e. The summed E-state index contributed by atoms with van der Waals surface area (Å²) < 4.78 is 5.42. The number of hydrogen-bond donors (Lipinski definition) is 0. The second-order valence-electron chi connectivity index (χ2n) is 4.40. The van der Waals surface area contributed by atoms with Crippen LogP contribution in [0.1, 0.15) is 67.3 Å². The molecule has 2 nitrogen and oxygen atoms in total. The van der Waals surface area contributed by atoms with Gasteiger partial charge >= 0.3 is 0 Å². The Balaban J connectivity index is 2.19. The van der Waals surface area contributed by atoms with Crippen molar-refractivity contribution in [2.45, 2.75) is 58.8 Å². The van der Waals surface area contributed by atoms with Crippen molar-refractivity contribution in [2.24, 2.45) is 0 Å². The van der Waals surface area contributed by atoms with Crippen LogP contribution in [0.25, 0.3) is 0 Å². The molecule has 0 aliphatic rings. The summed E-state index contributed by atoms with van der Waals surface area (Å²) in [6.45, 7) is 4.14. The summed E-state index contributed by atoms with van der Waals surface area (Å²) in [7, 11) is 0. The van der Waals surface area contributed by atoms with E-state index in [1.807, 2.05) is 13.0 Å². The van der Waals surface area contributed by atoms with Crippen LogP contribution in [0, 0.1) is 6.92 Å². The van der Waals surface area contributed by atoms with Gasteiger partial charge in [0.25, 0.3) is 0 Å². The number of unbranched alkanes of at least 4 members (excludes halogenated alkanes) is 5. The van der Waals surface area contributed by atoms with E-state index < -0.39 is 0 Å². The van der Waals surface area contributed by atoms with Crippen LogP contribution in [0.5, 0.6) is 0 Å². The van der Waals surface area contributed by atoms with Gasteiger partial charge in [-0.05, 0) is 25.0 Å². The maximum Gasteiger partial charge on any atom is 0.185 e. The molecule has 0 aromatic carbocycles. The molecule has 90 valence electrons. The first-order valence-corrected chi connectivity index (χ1v) is 6.32. The minimum atomic E-state index is 0.487. The van der Waals surface area contributed by atoms with Gasteiger partial charge in [0.1, 0.15) is 5.76 Å². The predicted octanol–water partition coefficient (Wildman–Crippen LogP) is 4.30. The fourth-order valence-corrected chi connectivity index (χ4v) is 1.88. The van der Waals surface area contributed by atoms with Crippen molar-refractivity contribution >= 4 is 6.29 Å². The standard InChI is InChI=1S/C14H22O2/c1-3-4-5-6-7-8-9-13-10-12(2)14(11-15)16-13/h10-11H,3-9H2,1-2H3. The summed E-state index contributed by atoms with van der Waals surface area (Å²) in [6, 6.07) is 1.98. The van der Waals surface area contributed by atoms with Gasteiger partial charge in [-0.1, -0.05) is 39.0 Å². The summed E-state index contributed by atoms with van der Waals surface area (Å²) in [5.74, 6) is 1.44. The highest BCUT2D eigenvalue weighted by Crippen LogP contribution is 2.15. The third-order valence-electron chi connectivity index (χ3n) is 2.89. The van der Waals surface area contributed by atoms with Crippen molar-refractivity contribution in [3.63, 3.8) is 0 Å². The number of rotatable bonds is 8. The van der Waals surface area contributed by atoms with Gasteiger partial charge in [0.2, 0.25) is 0 Å². The lowest BCUT2D eigenvalue weighted by Crippen LogP contribution is -1.83. The molecule has 0 saturated carbocycles. The van der Waals surface area contributed by atoms with Crippen LogP contribution in [0.2, 0.25) is 0 Å². The second-order valence-corrected chi connectivity index (χ2v) is 4.40. The van der Waals surface area contributed by atoms with Crippen molar-refractivity contribution in [3.05, 3.63) is 23.2 Å². The quantitative estimate of drug-likeness (QED) is 0.485. The predicted molar refractivity (Wildman–Crippen MR) is 65.9 cm³/mol. The summed E-state index contributed by atoms with van der Waals surface area (Å²) in [5, 5.41) is 0. The van der Waals surface area contributed by atoms with Gasteiger partial charge in [-0.25, -0.2) is 0 Å². The van der Waals surface area contributed by atoms with Crippen LogP contribution in [0.4, 0.5) is 0 Å². The van der Waals surface area contributed by atoms with Gasteiger partial charge < -0.3 is 4.42 Å². The molecule has 0 fully saturated rings. The van der Waals surface area contributed by atoms with E-state index in [1.54, 1.807) is 0 Å². The zero-order chi connectivity index (χ0) is 11.8. The molecule has 1 aromatic rings. The highest BCUT2D eigenvalue weighted by Gasteiger charge is 2.05. The van der Waals surface area contributed by atoms with Crippen molar-refractivity contribution in [1.29, 1.82) is 0 Å². The Bertz CT molecular complexity index is 313. The molecule has 0 N–H and O–H groups in total. The molecule has 1 rings (SSSR count). The van der Waals surface area contributed by atoms with Crippen LogP contribution >= 0.6 is 0 Å². The van der Waals surface area contributed by atoms with E-state index in [9.17, 15) is 4.79 Å². The number of aryl methyl sites for hydroxylation is 2. The van der Waals surface area contributed by atoms with Crippen molar-refractivity contribution in [1.82, 2.24) is 0 Å². The topological polar surface area (TPSA) is 30.2 Å². The summed E-state index contributed by atoms with van der Waals surface area (Å²) in [5.41, 5.74) is 0.955. The van der Waals surface area contributed by atoms with Crippen LogP contribution in [0.3, 0.4) is 0 Å². The first-order valence-electron chi connectivity index (χ1n) is 6.32. The second kappa shape index (κ2) is 7.26. The molecule has 0 spiro atoms. The van der Waals surface area contributed by atoms with E-state index in [0.717, 1.165) is 30.5 Å². The Morgan fingerprint density at radius 1 is 1.19 bits per heavy atom. The smallest absolute Gasteiger partial charge is 0.185 e. The van der Waals surface area contributed by atoms with Gasteiger partial charge in [-0.2, -0.15) is 0 Å². The zero-order valence-electron chi connectivity index (χ0n) is 10.4. The highest BCUT2D eigenvalue weighted by atomic mass is 16.3. The number of furan rings is 1. The van der Waals surface area contributed by atoms with E-state index in [1.165, 1.54) is 32.1 Å². The molecule has 0 saturated heterocycles. The van der Waals surface area contributed by atoms with Gasteiger partial charge in [0, 0.05) is 6.42 Å². The zero-order valence-corrected chi connectivity index (χ0v) is 10.4. The molecule has 0 aliphatic carbocycles. The van der Waals surface area contributed by atoms with Gasteiger partial charge in [0.15, 0.2) is 12.0 Å². The first kappa shape index (κ1) is 13.0. The number of carbonyl (C=O) groups is 1. The molecular weight excluding hydrogens is 200 g/mol. The molecule has 0 atom stereocenters. The monoisotopic (exact) mass is 222 g/mol. The lowest BCUT2D eigenvalue weighted by atomic mass is 10.1. The Hall–Kier alpha value is -1.05. The van der Waals surface area contributed by atoms with E-state index in [4.69, 9.17) is 4.42 Å². The average Bonchev–Trinajstić information content (AvgIpc) is 2.64. The van der Waals surface area contributed by atoms with Gasteiger partial charge in [-0.15, -0.1) is 0 Å². The van der Waals surface area contributed by atoms with Crippen LogP contribution in [0.15, 0.2) is 10.5 Å². The molecule has 0 bridgehead atoms. The average molecular weight is 222 g/mol. The van der Waals surface area contributed by atoms with Crippen molar-refractivity contribution in [3.8, 4) is 0 Å². The molecule has 0 unspecified atom stereocenters. The molecule has 0 amide bonds. The minimum absolute atomic E-state index is 0.487.